The van der Waals surface area contributed by atoms with Gasteiger partial charge in [0.1, 0.15) is 0 Å². The summed E-state index contributed by atoms with van der Waals surface area (Å²) in [6, 6.07) is 2.40. The molecule has 2 N–H and O–H groups in total. The highest BCUT2D eigenvalue weighted by atomic mass is 19.4. The average molecular weight is 302 g/mol. The number of aliphatic hydroxyl groups is 1. The minimum Gasteiger partial charge on any atom is -0.479 e. The van der Waals surface area contributed by atoms with Crippen LogP contribution in [0, 0.1) is 0 Å². The first-order chi connectivity index (χ1) is 8.94. The number of aliphatic carboxylic acids is 1. The average Bonchev–Trinajstić information content (AvgIpc) is 2.25. The van der Waals surface area contributed by atoms with Gasteiger partial charge in [0.05, 0.1) is 0 Å². The van der Waals surface area contributed by atoms with Gasteiger partial charge in [0.15, 0.2) is 12.0 Å². The molecule has 0 aliphatic heterocycles. The molecule has 0 aromatic heterocycles. The van der Waals surface area contributed by atoms with Crippen molar-refractivity contribution < 1.29 is 41.4 Å². The van der Waals surface area contributed by atoms with E-state index in [1.807, 2.05) is 0 Å². The minimum absolute atomic E-state index is 0.315. The molecule has 0 aliphatic carbocycles. The SMILES string of the molecule is O=C(O)C(O)c1ccc(C(C(F)(F)F)C(F)(F)F)cc1. The van der Waals surface area contributed by atoms with Gasteiger partial charge in [0.25, 0.3) is 0 Å². The van der Waals surface area contributed by atoms with Gasteiger partial charge in [-0.05, 0) is 11.1 Å². The number of carboxylic acids is 1. The highest BCUT2D eigenvalue weighted by molar-refractivity contribution is 5.74. The van der Waals surface area contributed by atoms with Crippen LogP contribution in [0.25, 0.3) is 0 Å². The van der Waals surface area contributed by atoms with Gasteiger partial charge in [-0.25, -0.2) is 4.79 Å². The van der Waals surface area contributed by atoms with E-state index in [1.54, 1.807) is 0 Å². The van der Waals surface area contributed by atoms with Crippen LogP contribution in [-0.4, -0.2) is 28.5 Å². The number of benzene rings is 1. The van der Waals surface area contributed by atoms with Crippen LogP contribution >= 0.6 is 0 Å². The van der Waals surface area contributed by atoms with Gasteiger partial charge < -0.3 is 10.2 Å². The van der Waals surface area contributed by atoms with Gasteiger partial charge in [0, 0.05) is 0 Å². The summed E-state index contributed by atoms with van der Waals surface area (Å²) in [7, 11) is 0. The normalized spacial score (nSPS) is 14.4. The molecule has 1 unspecified atom stereocenters. The summed E-state index contributed by atoms with van der Waals surface area (Å²) in [5.74, 6) is -5.33. The Hall–Kier alpha value is -1.77. The molecule has 0 radical (unpaired) electrons. The molecule has 0 bridgehead atoms. The van der Waals surface area contributed by atoms with Gasteiger partial charge in [-0.2, -0.15) is 26.3 Å². The molecule has 1 rings (SSSR count). The quantitative estimate of drug-likeness (QED) is 0.844. The number of halogens is 6. The molecule has 0 heterocycles. The first-order valence-electron chi connectivity index (χ1n) is 5.08. The number of hydrogen-bond acceptors (Lipinski definition) is 2. The molecular formula is C11H8F6O3. The van der Waals surface area contributed by atoms with Crippen LogP contribution in [0.1, 0.15) is 23.1 Å². The largest absolute Gasteiger partial charge is 0.479 e. The second-order valence-corrected chi connectivity index (χ2v) is 3.92. The Balaban J connectivity index is 3.16. The van der Waals surface area contributed by atoms with Gasteiger partial charge in [-0.3, -0.25) is 0 Å². The van der Waals surface area contributed by atoms with E-state index in [1.165, 1.54) is 0 Å². The van der Waals surface area contributed by atoms with Crippen LogP contribution in [0.15, 0.2) is 24.3 Å². The maximum absolute atomic E-state index is 12.4. The zero-order chi connectivity index (χ0) is 15.7. The number of hydrogen-bond donors (Lipinski definition) is 2. The molecular weight excluding hydrogens is 294 g/mol. The van der Waals surface area contributed by atoms with Gasteiger partial charge >= 0.3 is 18.3 Å². The van der Waals surface area contributed by atoms with E-state index in [-0.39, 0.29) is 5.56 Å². The van der Waals surface area contributed by atoms with E-state index >= 15 is 0 Å². The van der Waals surface area contributed by atoms with Crippen molar-refractivity contribution in [2.24, 2.45) is 0 Å². The lowest BCUT2D eigenvalue weighted by Crippen LogP contribution is -2.34. The first kappa shape index (κ1) is 16.3. The molecule has 9 heteroatoms. The second-order valence-electron chi connectivity index (χ2n) is 3.92. The molecule has 112 valence electrons. The van der Waals surface area contributed by atoms with Gasteiger partial charge in [0.2, 0.25) is 0 Å². The summed E-state index contributed by atoms with van der Waals surface area (Å²) in [6.07, 6.45) is -13.1. The van der Waals surface area contributed by atoms with Crippen LogP contribution in [0.3, 0.4) is 0 Å². The molecule has 0 saturated carbocycles. The highest BCUT2D eigenvalue weighted by Crippen LogP contribution is 2.46. The molecule has 1 atom stereocenters. The van der Waals surface area contributed by atoms with E-state index in [0.29, 0.717) is 24.3 Å². The maximum Gasteiger partial charge on any atom is 0.404 e. The van der Waals surface area contributed by atoms with E-state index in [9.17, 15) is 31.1 Å². The van der Waals surface area contributed by atoms with Crippen molar-refractivity contribution in [3.8, 4) is 0 Å². The smallest absolute Gasteiger partial charge is 0.404 e. The summed E-state index contributed by atoms with van der Waals surface area (Å²) in [4.78, 5) is 10.4. The first-order valence-corrected chi connectivity index (χ1v) is 5.08. The van der Waals surface area contributed by atoms with Crippen LogP contribution in [0.5, 0.6) is 0 Å². The van der Waals surface area contributed by atoms with E-state index in [2.05, 4.69) is 0 Å². The van der Waals surface area contributed by atoms with Crippen molar-refractivity contribution in [1.29, 1.82) is 0 Å². The molecule has 0 fully saturated rings. The zero-order valence-electron chi connectivity index (χ0n) is 9.53. The van der Waals surface area contributed by atoms with Crippen molar-refractivity contribution in [3.63, 3.8) is 0 Å². The lowest BCUT2D eigenvalue weighted by Gasteiger charge is -2.23. The molecule has 0 saturated heterocycles. The zero-order valence-corrected chi connectivity index (χ0v) is 9.53. The third kappa shape index (κ3) is 3.62. The third-order valence-electron chi connectivity index (χ3n) is 2.47. The van der Waals surface area contributed by atoms with Crippen molar-refractivity contribution in [2.45, 2.75) is 24.4 Å². The second kappa shape index (κ2) is 5.31. The van der Waals surface area contributed by atoms with E-state index < -0.39 is 35.9 Å². The lowest BCUT2D eigenvalue weighted by atomic mass is 9.96. The standard InChI is InChI=1S/C11H8F6O3/c12-10(13,14)8(11(15,16)17)6-3-1-5(2-4-6)7(18)9(19)20/h1-4,7-8,18H,(H,19,20). The summed E-state index contributed by atoms with van der Waals surface area (Å²) in [6.45, 7) is 0. The maximum atomic E-state index is 12.4. The van der Waals surface area contributed by atoms with Crippen LogP contribution in [0.2, 0.25) is 0 Å². The molecule has 1 aromatic carbocycles. The summed E-state index contributed by atoms with van der Waals surface area (Å²) >= 11 is 0. The van der Waals surface area contributed by atoms with E-state index in [4.69, 9.17) is 10.2 Å². The summed E-state index contributed by atoms with van der Waals surface area (Å²) in [5.41, 5.74) is -1.39. The number of carbonyl (C=O) groups is 1. The molecule has 0 amide bonds. The predicted octanol–water partition coefficient (Wildman–Crippen LogP) is 3.01. The topological polar surface area (TPSA) is 57.5 Å². The predicted molar refractivity (Wildman–Crippen MR) is 53.9 cm³/mol. The van der Waals surface area contributed by atoms with Crippen molar-refractivity contribution >= 4 is 5.97 Å². The number of aliphatic hydroxyl groups excluding tert-OH is 1. The highest BCUT2D eigenvalue weighted by Gasteiger charge is 2.57. The summed E-state index contributed by atoms with van der Waals surface area (Å²) < 4.78 is 74.6. The monoisotopic (exact) mass is 302 g/mol. The Labute approximate surface area is 108 Å². The third-order valence-corrected chi connectivity index (χ3v) is 2.47. The molecule has 3 nitrogen and oxygen atoms in total. The number of alkyl halides is 6. The minimum atomic E-state index is -5.52. The molecule has 20 heavy (non-hydrogen) atoms. The summed E-state index contributed by atoms with van der Waals surface area (Å²) in [5, 5.41) is 17.6. The van der Waals surface area contributed by atoms with Gasteiger partial charge in [-0.1, -0.05) is 24.3 Å². The van der Waals surface area contributed by atoms with Crippen molar-refractivity contribution in [2.75, 3.05) is 0 Å². The Bertz CT molecular complexity index is 462. The Morgan fingerprint density at radius 3 is 1.55 bits per heavy atom. The van der Waals surface area contributed by atoms with Crippen molar-refractivity contribution in [3.05, 3.63) is 35.4 Å². The Morgan fingerprint density at radius 2 is 1.25 bits per heavy atom. The fourth-order valence-electron chi connectivity index (χ4n) is 1.58. The van der Waals surface area contributed by atoms with Crippen LogP contribution in [-0.2, 0) is 4.79 Å². The lowest BCUT2D eigenvalue weighted by molar-refractivity contribution is -0.253. The number of carboxylic acid groups (broad SMARTS) is 1. The fourth-order valence-corrected chi connectivity index (χ4v) is 1.58. The Morgan fingerprint density at radius 1 is 0.900 bits per heavy atom. The van der Waals surface area contributed by atoms with E-state index in [0.717, 1.165) is 0 Å². The Kier molecular flexibility index (Phi) is 4.33. The number of rotatable bonds is 3. The van der Waals surface area contributed by atoms with Crippen LogP contribution in [0.4, 0.5) is 26.3 Å². The molecule has 0 aliphatic rings. The van der Waals surface area contributed by atoms with Crippen LogP contribution < -0.4 is 0 Å². The van der Waals surface area contributed by atoms with Gasteiger partial charge in [-0.15, -0.1) is 0 Å². The molecule has 1 aromatic rings. The molecule has 0 spiro atoms. The fraction of sp³-hybridized carbons (Fsp3) is 0.364. The van der Waals surface area contributed by atoms with Crippen molar-refractivity contribution in [1.82, 2.24) is 0 Å².